The van der Waals surface area contributed by atoms with Gasteiger partial charge in [-0.3, -0.25) is 0 Å². The molecule has 3 aromatic rings. The third-order valence-corrected chi connectivity index (χ3v) is 5.66. The van der Waals surface area contributed by atoms with Gasteiger partial charge in [0, 0.05) is 23.6 Å². The fraction of sp³-hybridized carbons (Fsp3) is 0.160. The molecule has 0 fully saturated rings. The van der Waals surface area contributed by atoms with E-state index in [1.807, 2.05) is 24.3 Å². The molecule has 1 amide bonds. The molecule has 1 aliphatic carbocycles. The van der Waals surface area contributed by atoms with Crippen LogP contribution in [0.25, 0.3) is 11.1 Å². The number of benzene rings is 3. The Labute approximate surface area is 184 Å². The number of hydrogen-bond acceptors (Lipinski definition) is 4. The average Bonchev–Trinajstić information content (AvgIpc) is 3.37. The molecule has 3 aromatic carbocycles. The van der Waals surface area contributed by atoms with E-state index in [4.69, 9.17) is 25.8 Å². The van der Waals surface area contributed by atoms with Gasteiger partial charge in [-0.1, -0.05) is 72.0 Å². The molecule has 0 saturated heterocycles. The zero-order valence-corrected chi connectivity index (χ0v) is 17.2. The first-order chi connectivity index (χ1) is 15.2. The van der Waals surface area contributed by atoms with Crippen molar-refractivity contribution in [3.8, 4) is 34.5 Å². The Morgan fingerprint density at radius 1 is 1.03 bits per heavy atom. The highest BCUT2D eigenvalue weighted by molar-refractivity contribution is 6.32. The monoisotopic (exact) mass is 431 g/mol. The third kappa shape index (κ3) is 3.78. The number of ether oxygens (including phenoxy) is 3. The van der Waals surface area contributed by atoms with Crippen LogP contribution in [0.1, 0.15) is 22.6 Å². The smallest absolute Gasteiger partial charge is 0.407 e. The van der Waals surface area contributed by atoms with Gasteiger partial charge in [0.2, 0.25) is 6.79 Å². The Kier molecular flexibility index (Phi) is 5.15. The molecule has 0 atom stereocenters. The van der Waals surface area contributed by atoms with E-state index in [9.17, 15) is 4.79 Å². The molecular weight excluding hydrogens is 414 g/mol. The van der Waals surface area contributed by atoms with Crippen LogP contribution in [0.2, 0.25) is 5.02 Å². The van der Waals surface area contributed by atoms with Gasteiger partial charge in [-0.15, -0.1) is 0 Å². The van der Waals surface area contributed by atoms with Crippen molar-refractivity contribution in [3.63, 3.8) is 0 Å². The average molecular weight is 432 g/mol. The van der Waals surface area contributed by atoms with E-state index < -0.39 is 6.09 Å². The van der Waals surface area contributed by atoms with Crippen LogP contribution in [0, 0.1) is 11.8 Å². The lowest BCUT2D eigenvalue weighted by Crippen LogP contribution is -2.26. The normalized spacial score (nSPS) is 13.1. The zero-order valence-electron chi connectivity index (χ0n) is 16.5. The van der Waals surface area contributed by atoms with Gasteiger partial charge in [-0.05, 0) is 22.3 Å². The van der Waals surface area contributed by atoms with E-state index in [1.54, 1.807) is 12.1 Å². The van der Waals surface area contributed by atoms with Gasteiger partial charge in [-0.25, -0.2) is 4.79 Å². The topological polar surface area (TPSA) is 56.8 Å². The molecule has 154 valence electrons. The van der Waals surface area contributed by atoms with Gasteiger partial charge < -0.3 is 19.5 Å². The van der Waals surface area contributed by atoms with Crippen molar-refractivity contribution in [2.24, 2.45) is 0 Å². The molecule has 0 spiro atoms. The summed E-state index contributed by atoms with van der Waals surface area (Å²) in [6.45, 7) is 0.578. The second-order valence-corrected chi connectivity index (χ2v) is 7.57. The van der Waals surface area contributed by atoms with Crippen molar-refractivity contribution in [2.45, 2.75) is 5.92 Å². The van der Waals surface area contributed by atoms with Crippen LogP contribution in [0.5, 0.6) is 11.5 Å². The maximum Gasteiger partial charge on any atom is 0.407 e. The minimum atomic E-state index is -0.507. The summed E-state index contributed by atoms with van der Waals surface area (Å²) < 4.78 is 16.1. The second-order valence-electron chi connectivity index (χ2n) is 7.17. The highest BCUT2D eigenvalue weighted by Gasteiger charge is 2.28. The summed E-state index contributed by atoms with van der Waals surface area (Å²) in [6.07, 6.45) is -0.507. The SMILES string of the molecule is O=C(NCC#Cc1cc2c(cc1Cl)OCO2)OCC1c2ccccc2-c2ccccc21. The van der Waals surface area contributed by atoms with Crippen molar-refractivity contribution < 1.29 is 19.0 Å². The molecule has 0 radical (unpaired) electrons. The van der Waals surface area contributed by atoms with Crippen LogP contribution in [-0.2, 0) is 4.74 Å². The van der Waals surface area contributed by atoms with Crippen LogP contribution in [0.15, 0.2) is 60.7 Å². The Morgan fingerprint density at radius 3 is 2.39 bits per heavy atom. The van der Waals surface area contributed by atoms with E-state index in [1.165, 1.54) is 22.3 Å². The largest absolute Gasteiger partial charge is 0.454 e. The Hall–Kier alpha value is -3.62. The fourth-order valence-electron chi connectivity index (χ4n) is 3.92. The summed E-state index contributed by atoms with van der Waals surface area (Å²) in [5, 5.41) is 3.13. The predicted molar refractivity (Wildman–Crippen MR) is 118 cm³/mol. The predicted octanol–water partition coefficient (Wildman–Crippen LogP) is 4.96. The summed E-state index contributed by atoms with van der Waals surface area (Å²) >= 11 is 6.20. The number of rotatable bonds is 3. The maximum atomic E-state index is 12.2. The van der Waals surface area contributed by atoms with Crippen LogP contribution in [0.3, 0.4) is 0 Å². The summed E-state index contributed by atoms with van der Waals surface area (Å²) in [4.78, 5) is 12.2. The van der Waals surface area contributed by atoms with E-state index >= 15 is 0 Å². The molecule has 5 nitrogen and oxygen atoms in total. The number of fused-ring (bicyclic) bond motifs is 4. The van der Waals surface area contributed by atoms with Crippen molar-refractivity contribution in [3.05, 3.63) is 82.4 Å². The lowest BCUT2D eigenvalue weighted by molar-refractivity contribution is 0.144. The molecule has 1 aliphatic heterocycles. The molecular formula is C25H18ClNO4. The van der Waals surface area contributed by atoms with Crippen molar-refractivity contribution in [2.75, 3.05) is 19.9 Å². The number of carbonyl (C=O) groups excluding carboxylic acids is 1. The Balaban J connectivity index is 1.19. The molecule has 5 rings (SSSR count). The minimum Gasteiger partial charge on any atom is -0.454 e. The van der Waals surface area contributed by atoms with Gasteiger partial charge in [-0.2, -0.15) is 0 Å². The summed E-state index contributed by atoms with van der Waals surface area (Å²) in [7, 11) is 0. The first-order valence-corrected chi connectivity index (χ1v) is 10.3. The van der Waals surface area contributed by atoms with Crippen molar-refractivity contribution >= 4 is 17.7 Å². The van der Waals surface area contributed by atoms with E-state index in [2.05, 4.69) is 41.4 Å². The number of alkyl carbamates (subject to hydrolysis) is 1. The van der Waals surface area contributed by atoms with E-state index in [0.717, 1.165) is 0 Å². The summed E-state index contributed by atoms with van der Waals surface area (Å²) in [6, 6.07) is 19.8. The highest BCUT2D eigenvalue weighted by atomic mass is 35.5. The van der Waals surface area contributed by atoms with Gasteiger partial charge in [0.25, 0.3) is 0 Å². The minimum absolute atomic E-state index is 0.0247. The molecule has 2 aliphatic rings. The lowest BCUT2D eigenvalue weighted by Gasteiger charge is -2.14. The van der Waals surface area contributed by atoms with Crippen LogP contribution < -0.4 is 14.8 Å². The van der Waals surface area contributed by atoms with Crippen LogP contribution in [0.4, 0.5) is 4.79 Å². The number of carbonyl (C=O) groups is 1. The lowest BCUT2D eigenvalue weighted by atomic mass is 9.98. The van der Waals surface area contributed by atoms with Crippen molar-refractivity contribution in [1.29, 1.82) is 0 Å². The summed E-state index contributed by atoms with van der Waals surface area (Å²) in [5.74, 6) is 7.05. The second kappa shape index (κ2) is 8.25. The number of nitrogens with one attached hydrogen (secondary N) is 1. The number of halogens is 1. The molecule has 0 aromatic heterocycles. The maximum absolute atomic E-state index is 12.2. The molecule has 0 unspecified atom stereocenters. The highest BCUT2D eigenvalue weighted by Crippen LogP contribution is 2.44. The van der Waals surface area contributed by atoms with Gasteiger partial charge in [0.1, 0.15) is 6.61 Å². The molecule has 1 N–H and O–H groups in total. The zero-order chi connectivity index (χ0) is 21.2. The molecule has 31 heavy (non-hydrogen) atoms. The van der Waals surface area contributed by atoms with Crippen LogP contribution >= 0.6 is 11.6 Å². The number of amides is 1. The molecule has 1 heterocycles. The van der Waals surface area contributed by atoms with Gasteiger partial charge in [0.15, 0.2) is 11.5 Å². The molecule has 0 saturated carbocycles. The standard InChI is InChI=1S/C25H18ClNO4/c26-22-13-24-23(30-15-31-24)12-16(22)6-5-11-27-25(28)29-14-21-19-9-3-1-7-17(19)18-8-2-4-10-20(18)21/h1-4,7-10,12-13,21H,11,14-15H2,(H,27,28). The molecule has 6 heteroatoms. The quantitative estimate of drug-likeness (QED) is 0.595. The summed E-state index contributed by atoms with van der Waals surface area (Å²) in [5.41, 5.74) is 5.35. The number of hydrogen-bond donors (Lipinski definition) is 1. The first-order valence-electron chi connectivity index (χ1n) is 9.87. The van der Waals surface area contributed by atoms with Gasteiger partial charge in [0.05, 0.1) is 11.6 Å². The van der Waals surface area contributed by atoms with Crippen LogP contribution in [-0.4, -0.2) is 26.0 Å². The van der Waals surface area contributed by atoms with Gasteiger partial charge >= 0.3 is 6.09 Å². The molecule has 0 bridgehead atoms. The third-order valence-electron chi connectivity index (χ3n) is 5.35. The van der Waals surface area contributed by atoms with E-state index in [-0.39, 0.29) is 25.9 Å². The fourth-order valence-corrected chi connectivity index (χ4v) is 4.12. The Bertz CT molecular complexity index is 1180. The first kappa shape index (κ1) is 19.3. The van der Waals surface area contributed by atoms with E-state index in [0.29, 0.717) is 22.1 Å². The Morgan fingerprint density at radius 2 is 1.68 bits per heavy atom. The van der Waals surface area contributed by atoms with Crippen molar-refractivity contribution in [1.82, 2.24) is 5.32 Å².